The number of carbonyl (C=O) groups is 1. The van der Waals surface area contributed by atoms with Gasteiger partial charge in [-0.1, -0.05) is 36.4 Å². The van der Waals surface area contributed by atoms with Gasteiger partial charge >= 0.3 is 0 Å². The molecule has 0 aliphatic heterocycles. The maximum Gasteiger partial charge on any atom is 0.257 e. The summed E-state index contributed by atoms with van der Waals surface area (Å²) in [6.07, 6.45) is 4.38. The minimum Gasteiger partial charge on any atom is -0.431 e. The second-order valence-corrected chi connectivity index (χ2v) is 8.62. The van der Waals surface area contributed by atoms with Crippen LogP contribution in [-0.4, -0.2) is 16.5 Å². The summed E-state index contributed by atoms with van der Waals surface area (Å²) in [6.45, 7) is 6.46. The Balaban J connectivity index is 1.47. The van der Waals surface area contributed by atoms with E-state index in [1.807, 2.05) is 24.3 Å². The predicted octanol–water partition coefficient (Wildman–Crippen LogP) is 5.49. The van der Waals surface area contributed by atoms with E-state index in [-0.39, 0.29) is 11.3 Å². The van der Waals surface area contributed by atoms with Gasteiger partial charge < -0.3 is 4.42 Å². The van der Waals surface area contributed by atoms with E-state index in [1.54, 1.807) is 11.8 Å². The van der Waals surface area contributed by atoms with E-state index in [9.17, 15) is 4.79 Å². The molecule has 1 saturated carbocycles. The van der Waals surface area contributed by atoms with Crippen molar-refractivity contribution >= 4 is 28.6 Å². The van der Waals surface area contributed by atoms with Crippen molar-refractivity contribution in [2.24, 2.45) is 11.3 Å². The van der Waals surface area contributed by atoms with Crippen LogP contribution in [0.3, 0.4) is 0 Å². The van der Waals surface area contributed by atoms with Crippen LogP contribution in [0, 0.1) is 11.3 Å². The molecule has 0 saturated heterocycles. The molecule has 0 unspecified atom stereocenters. The molecule has 0 N–H and O–H groups in total. The molecule has 132 valence electrons. The number of hydrogen-bond donors (Lipinski definition) is 0. The van der Waals surface area contributed by atoms with Crippen LogP contribution in [0.25, 0.3) is 11.1 Å². The van der Waals surface area contributed by atoms with Crippen LogP contribution in [0.5, 0.6) is 0 Å². The van der Waals surface area contributed by atoms with Crippen molar-refractivity contribution in [3.8, 4) is 0 Å². The van der Waals surface area contributed by atoms with Crippen LogP contribution in [0.2, 0.25) is 0 Å². The predicted molar refractivity (Wildman–Crippen MR) is 104 cm³/mol. The maximum atomic E-state index is 12.9. The van der Waals surface area contributed by atoms with Crippen molar-refractivity contribution in [1.82, 2.24) is 4.98 Å². The van der Waals surface area contributed by atoms with Crippen molar-refractivity contribution in [1.29, 1.82) is 0 Å². The van der Waals surface area contributed by atoms with E-state index in [1.165, 1.54) is 22.3 Å². The Morgan fingerprint density at radius 1 is 1.27 bits per heavy atom. The molecule has 1 fully saturated rings. The molecular formula is C22H21NO2S. The quantitative estimate of drug-likeness (QED) is 0.676. The number of carbonyl (C=O) groups excluding carboxylic acids is 1. The molecular weight excluding hydrogens is 342 g/mol. The number of para-hydroxylation sites is 2. The number of allylic oxidation sites excluding steroid dienone is 5. The first-order valence-corrected chi connectivity index (χ1v) is 10.2. The fourth-order valence-corrected chi connectivity index (χ4v) is 5.54. The Kier molecular flexibility index (Phi) is 3.39. The number of ketones is 1. The van der Waals surface area contributed by atoms with Gasteiger partial charge in [0.05, 0.1) is 0 Å². The minimum atomic E-state index is 0.120. The SMILES string of the molecule is CC1=C(CSc2nc3ccccc3o2)C2=C(C)C3(CC3)[C@H](C)C(=O)C2=C1. The zero-order valence-corrected chi connectivity index (χ0v) is 16.1. The fourth-order valence-electron chi connectivity index (χ4n) is 4.59. The highest BCUT2D eigenvalue weighted by atomic mass is 32.2. The standard InChI is InChI=1S/C22H21NO2S/c1-12-10-15-19(13(2)22(8-9-22)14(3)20(15)24)16(12)11-26-21-23-17-6-4-5-7-18(17)25-21/h4-7,10,14H,8-9,11H2,1-3H3/t14-/m1/s1. The Hall–Kier alpha value is -2.07. The first kappa shape index (κ1) is 16.1. The Morgan fingerprint density at radius 3 is 2.77 bits per heavy atom. The number of aromatic nitrogens is 1. The average molecular weight is 363 g/mol. The van der Waals surface area contributed by atoms with Crippen molar-refractivity contribution in [3.63, 3.8) is 0 Å². The minimum absolute atomic E-state index is 0.120. The van der Waals surface area contributed by atoms with Crippen molar-refractivity contribution in [2.75, 3.05) is 5.75 Å². The molecule has 1 atom stereocenters. The van der Waals surface area contributed by atoms with Gasteiger partial charge in [-0.2, -0.15) is 0 Å². The van der Waals surface area contributed by atoms with Crippen LogP contribution in [-0.2, 0) is 4.79 Å². The van der Waals surface area contributed by atoms with Gasteiger partial charge in [-0.15, -0.1) is 0 Å². The Labute approximate surface area is 157 Å². The van der Waals surface area contributed by atoms with Gasteiger partial charge in [0.2, 0.25) is 0 Å². The van der Waals surface area contributed by atoms with Crippen molar-refractivity contribution in [3.05, 3.63) is 58.2 Å². The average Bonchev–Trinajstić information content (AvgIpc) is 3.22. The highest BCUT2D eigenvalue weighted by molar-refractivity contribution is 7.99. The number of Topliss-reactive ketones (excluding diaryl/α,β-unsaturated/α-hetero) is 1. The van der Waals surface area contributed by atoms with E-state index in [4.69, 9.17) is 4.42 Å². The van der Waals surface area contributed by atoms with Gasteiger partial charge in [-0.3, -0.25) is 4.79 Å². The summed E-state index contributed by atoms with van der Waals surface area (Å²) in [5.41, 5.74) is 7.88. The lowest BCUT2D eigenvalue weighted by Crippen LogP contribution is -2.31. The molecule has 2 aromatic rings. The monoisotopic (exact) mass is 363 g/mol. The molecule has 0 amide bonds. The van der Waals surface area contributed by atoms with Crippen LogP contribution >= 0.6 is 11.8 Å². The highest BCUT2D eigenvalue weighted by Gasteiger charge is 2.56. The van der Waals surface area contributed by atoms with Gasteiger partial charge in [0, 0.05) is 22.7 Å². The lowest BCUT2D eigenvalue weighted by molar-refractivity contribution is -0.120. The molecule has 1 heterocycles. The molecule has 5 rings (SSSR count). The smallest absolute Gasteiger partial charge is 0.257 e. The molecule has 1 aromatic heterocycles. The van der Waals surface area contributed by atoms with Crippen LogP contribution in [0.15, 0.2) is 67.8 Å². The zero-order chi connectivity index (χ0) is 18.1. The Morgan fingerprint density at radius 2 is 2.04 bits per heavy atom. The number of benzene rings is 1. The van der Waals surface area contributed by atoms with Crippen LogP contribution in [0.1, 0.15) is 33.6 Å². The summed E-state index contributed by atoms with van der Waals surface area (Å²) < 4.78 is 5.85. The number of oxazole rings is 1. The molecule has 0 bridgehead atoms. The zero-order valence-electron chi connectivity index (χ0n) is 15.3. The number of thioether (sulfide) groups is 1. The first-order valence-electron chi connectivity index (χ1n) is 9.17. The first-order chi connectivity index (χ1) is 12.5. The van der Waals surface area contributed by atoms with E-state index >= 15 is 0 Å². The lowest BCUT2D eigenvalue weighted by atomic mass is 9.70. The topological polar surface area (TPSA) is 43.1 Å². The fraction of sp³-hybridized carbons (Fsp3) is 0.364. The molecule has 1 aromatic carbocycles. The third-order valence-corrected chi connectivity index (χ3v) is 7.27. The van der Waals surface area contributed by atoms with Gasteiger partial charge in [0.25, 0.3) is 5.22 Å². The molecule has 1 spiro atoms. The molecule has 3 aliphatic carbocycles. The maximum absolute atomic E-state index is 12.9. The molecule has 26 heavy (non-hydrogen) atoms. The van der Waals surface area contributed by atoms with Gasteiger partial charge in [0.15, 0.2) is 11.4 Å². The van der Waals surface area contributed by atoms with E-state index in [0.29, 0.717) is 11.0 Å². The number of nitrogens with zero attached hydrogens (tertiary/aromatic N) is 1. The van der Waals surface area contributed by atoms with Crippen LogP contribution < -0.4 is 0 Å². The summed E-state index contributed by atoms with van der Waals surface area (Å²) in [5, 5.41) is 0.690. The Bertz CT molecular complexity index is 1020. The summed E-state index contributed by atoms with van der Waals surface area (Å²) >= 11 is 1.61. The van der Waals surface area contributed by atoms with E-state index in [2.05, 4.69) is 31.8 Å². The second-order valence-electron chi connectivity index (χ2n) is 7.70. The summed E-state index contributed by atoms with van der Waals surface area (Å²) in [7, 11) is 0. The largest absolute Gasteiger partial charge is 0.431 e. The summed E-state index contributed by atoms with van der Waals surface area (Å²) in [6, 6.07) is 7.83. The summed E-state index contributed by atoms with van der Waals surface area (Å²) in [4.78, 5) is 17.5. The van der Waals surface area contributed by atoms with E-state index < -0.39 is 0 Å². The van der Waals surface area contributed by atoms with Crippen molar-refractivity contribution in [2.45, 2.75) is 38.8 Å². The highest BCUT2D eigenvalue weighted by Crippen LogP contribution is 2.63. The van der Waals surface area contributed by atoms with Crippen LogP contribution in [0.4, 0.5) is 0 Å². The normalized spacial score (nSPS) is 23.9. The van der Waals surface area contributed by atoms with Crippen molar-refractivity contribution < 1.29 is 9.21 Å². The molecule has 0 radical (unpaired) electrons. The number of hydrogen-bond acceptors (Lipinski definition) is 4. The third kappa shape index (κ3) is 2.14. The summed E-state index contributed by atoms with van der Waals surface area (Å²) in [5.74, 6) is 1.22. The molecule has 4 heteroatoms. The lowest BCUT2D eigenvalue weighted by Gasteiger charge is -2.32. The van der Waals surface area contributed by atoms with Gasteiger partial charge in [-0.05, 0) is 61.6 Å². The number of fused-ring (bicyclic) bond motifs is 2. The molecule has 3 nitrogen and oxygen atoms in total. The third-order valence-electron chi connectivity index (χ3n) is 6.42. The van der Waals surface area contributed by atoms with E-state index in [0.717, 1.165) is 35.3 Å². The molecule has 3 aliphatic rings. The van der Waals surface area contributed by atoms with Gasteiger partial charge in [0.1, 0.15) is 5.52 Å². The number of rotatable bonds is 3. The van der Waals surface area contributed by atoms with Gasteiger partial charge in [-0.25, -0.2) is 4.98 Å². The second kappa shape index (κ2) is 5.46.